The molecule has 10 atom stereocenters. The van der Waals surface area contributed by atoms with E-state index in [9.17, 15) is 63.0 Å². The number of carboxylic acid groups (broad SMARTS) is 1. The number of carbonyl (C=O) groups excluding carboxylic acids is 10. The summed E-state index contributed by atoms with van der Waals surface area (Å²) >= 11 is 9.43. The van der Waals surface area contributed by atoms with E-state index in [4.69, 9.17) is 28.7 Å². The molecule has 0 aromatic rings. The zero-order valence-electron chi connectivity index (χ0n) is 42.8. The number of aliphatic imine (C=N–C) groups is 1. The van der Waals surface area contributed by atoms with Gasteiger partial charge in [-0.3, -0.25) is 52.9 Å². The number of hydrogen-bond donors (Lipinski definition) is 17. The number of aliphatic hydroxyl groups is 1. The second-order valence-electron chi connectivity index (χ2n) is 18.0. The molecular formula is C44H79N15O13S3. The van der Waals surface area contributed by atoms with Gasteiger partial charge >= 0.3 is 5.97 Å². The van der Waals surface area contributed by atoms with Gasteiger partial charge in [-0.1, -0.05) is 13.8 Å². The minimum atomic E-state index is -1.67. The number of rotatable bonds is 36. The zero-order valence-corrected chi connectivity index (χ0v) is 45.4. The molecule has 0 unspecified atom stereocenters. The molecule has 0 bridgehead atoms. The van der Waals surface area contributed by atoms with Crippen LogP contribution in [0.1, 0.15) is 85.0 Å². The number of hydrogen-bond acceptors (Lipinski definition) is 18. The first kappa shape index (κ1) is 67.4. The number of nitrogens with zero attached hydrogens (tertiary/aromatic N) is 2. The number of likely N-dealkylation sites (tertiary alicyclic amines) is 1. The Kier molecular flexibility index (Phi) is 32.0. The molecule has 0 spiro atoms. The molecule has 426 valence electrons. The summed E-state index contributed by atoms with van der Waals surface area (Å²) in [6.45, 7) is 3.99. The Hall–Kier alpha value is -5.63. The average Bonchev–Trinajstić information content (AvgIpc) is 3.85. The van der Waals surface area contributed by atoms with Gasteiger partial charge in [0.1, 0.15) is 54.4 Å². The molecule has 31 heteroatoms. The van der Waals surface area contributed by atoms with Gasteiger partial charge in [0.15, 0.2) is 5.96 Å². The number of nitrogens with one attached hydrogen (secondary N) is 8. The lowest BCUT2D eigenvalue weighted by Gasteiger charge is -2.31. The number of aliphatic hydroxyl groups excluding tert-OH is 1. The third-order valence-corrected chi connectivity index (χ3v) is 13.0. The van der Waals surface area contributed by atoms with E-state index in [0.29, 0.717) is 25.0 Å². The van der Waals surface area contributed by atoms with Crippen molar-refractivity contribution in [2.75, 3.05) is 49.8 Å². The molecule has 0 radical (unpaired) electrons. The Morgan fingerprint density at radius 3 is 1.69 bits per heavy atom. The molecule has 28 nitrogen and oxygen atoms in total. The Balaban J connectivity index is 3.36. The van der Waals surface area contributed by atoms with Crippen LogP contribution in [0.4, 0.5) is 0 Å². The Labute approximate surface area is 451 Å². The summed E-state index contributed by atoms with van der Waals surface area (Å²) in [6.07, 6.45) is 2.56. The normalized spacial score (nSPS) is 16.7. The fourth-order valence-electron chi connectivity index (χ4n) is 7.37. The second-order valence-corrected chi connectivity index (χ2v) is 19.8. The van der Waals surface area contributed by atoms with E-state index in [1.807, 2.05) is 0 Å². The van der Waals surface area contributed by atoms with Gasteiger partial charge in [0.05, 0.1) is 12.6 Å². The van der Waals surface area contributed by atoms with Gasteiger partial charge in [0.2, 0.25) is 59.1 Å². The van der Waals surface area contributed by atoms with Crippen molar-refractivity contribution in [1.82, 2.24) is 47.4 Å². The molecule has 20 N–H and O–H groups in total. The topological polar surface area (TPSA) is 470 Å². The minimum Gasteiger partial charge on any atom is -0.480 e. The molecule has 75 heavy (non-hydrogen) atoms. The highest BCUT2D eigenvalue weighted by molar-refractivity contribution is 7.98. The number of carboxylic acids is 1. The van der Waals surface area contributed by atoms with Crippen LogP contribution in [-0.2, 0) is 52.7 Å². The number of thioether (sulfide) groups is 1. The van der Waals surface area contributed by atoms with Crippen molar-refractivity contribution in [3.63, 3.8) is 0 Å². The number of guanidine groups is 1. The number of nitrogens with two attached hydrogens (primary N) is 5. The molecular weight excluding hydrogens is 1040 g/mol. The third-order valence-electron chi connectivity index (χ3n) is 11.6. The van der Waals surface area contributed by atoms with Gasteiger partial charge < -0.3 is 86.3 Å². The van der Waals surface area contributed by atoms with Gasteiger partial charge in [-0.2, -0.15) is 37.0 Å². The van der Waals surface area contributed by atoms with Crippen molar-refractivity contribution < 1.29 is 63.0 Å². The fraction of sp³-hybridized carbons (Fsp3) is 0.727. The molecule has 0 aromatic carbocycles. The van der Waals surface area contributed by atoms with E-state index in [-0.39, 0.29) is 82.0 Å². The fourth-order valence-corrected chi connectivity index (χ4v) is 8.35. The van der Waals surface area contributed by atoms with Crippen LogP contribution in [-0.4, -0.2) is 196 Å². The van der Waals surface area contributed by atoms with Crippen LogP contribution in [0.3, 0.4) is 0 Å². The van der Waals surface area contributed by atoms with Crippen molar-refractivity contribution in [3.8, 4) is 0 Å². The van der Waals surface area contributed by atoms with Crippen LogP contribution in [0, 0.1) is 5.92 Å². The average molecular weight is 1120 g/mol. The van der Waals surface area contributed by atoms with E-state index in [1.54, 1.807) is 20.1 Å². The summed E-state index contributed by atoms with van der Waals surface area (Å²) in [5.41, 5.74) is 27.4. The van der Waals surface area contributed by atoms with Crippen molar-refractivity contribution in [1.29, 1.82) is 0 Å². The van der Waals surface area contributed by atoms with E-state index in [0.717, 1.165) is 0 Å². The molecule has 1 rings (SSSR count). The van der Waals surface area contributed by atoms with Crippen molar-refractivity contribution in [2.45, 2.75) is 145 Å². The summed E-state index contributed by atoms with van der Waals surface area (Å²) in [5.74, 6) is -10.5. The van der Waals surface area contributed by atoms with Crippen LogP contribution in [0.25, 0.3) is 0 Å². The predicted molar refractivity (Wildman–Crippen MR) is 285 cm³/mol. The maximum atomic E-state index is 14.3. The van der Waals surface area contributed by atoms with Gasteiger partial charge in [-0.05, 0) is 89.2 Å². The zero-order chi connectivity index (χ0) is 56.9. The molecule has 1 saturated heterocycles. The number of primary amides is 1. The highest BCUT2D eigenvalue weighted by Gasteiger charge is 2.40. The molecule has 0 saturated carbocycles. The number of unbranched alkanes of at least 4 members (excludes halogenated alkanes) is 1. The summed E-state index contributed by atoms with van der Waals surface area (Å²) in [4.78, 5) is 151. The summed E-state index contributed by atoms with van der Waals surface area (Å²) in [7, 11) is 0. The highest BCUT2D eigenvalue weighted by atomic mass is 32.2. The van der Waals surface area contributed by atoms with Gasteiger partial charge in [-0.25, -0.2) is 4.79 Å². The lowest BCUT2D eigenvalue weighted by molar-refractivity contribution is -0.143. The van der Waals surface area contributed by atoms with E-state index < -0.39 is 138 Å². The van der Waals surface area contributed by atoms with Gasteiger partial charge in [0, 0.05) is 31.0 Å². The highest BCUT2D eigenvalue weighted by Crippen LogP contribution is 2.21. The van der Waals surface area contributed by atoms with Crippen LogP contribution in [0.2, 0.25) is 0 Å². The van der Waals surface area contributed by atoms with Crippen molar-refractivity contribution in [3.05, 3.63) is 0 Å². The number of amides is 10. The predicted octanol–water partition coefficient (Wildman–Crippen LogP) is -6.00. The lowest BCUT2D eigenvalue weighted by atomic mass is 10.0. The summed E-state index contributed by atoms with van der Waals surface area (Å²) < 4.78 is 0. The first-order chi connectivity index (χ1) is 35.4. The van der Waals surface area contributed by atoms with Crippen molar-refractivity contribution >= 4 is 108 Å². The lowest BCUT2D eigenvalue weighted by Crippen LogP contribution is -2.61. The van der Waals surface area contributed by atoms with Crippen molar-refractivity contribution in [2.24, 2.45) is 39.6 Å². The number of aliphatic carboxylic acids is 1. The molecule has 1 aliphatic rings. The monoisotopic (exact) mass is 1120 g/mol. The molecule has 1 aliphatic heterocycles. The molecule has 1 fully saturated rings. The summed E-state index contributed by atoms with van der Waals surface area (Å²) in [5, 5.41) is 39.9. The first-order valence-corrected chi connectivity index (χ1v) is 27.1. The van der Waals surface area contributed by atoms with Crippen LogP contribution in [0.15, 0.2) is 4.99 Å². The van der Waals surface area contributed by atoms with Gasteiger partial charge in [0.25, 0.3) is 0 Å². The number of thiol groups is 2. The Bertz CT molecular complexity index is 1990. The standard InChI is InChI=1S/C44H79N15O13S3/c1-22(2)33(58-37(65)26(12-13-32(47)61)51-39(67)29(20-73)56-34(62)23(3)46)41(69)53-24(9-5-6-15-45)35(63)55-28(19-60)38(66)54-27(14-18-75-4)42(70)59-17-8-11-31(59)40(68)52-25(10-7-16-50-44(48)49)36(64)57-30(21-74)43(71)72/h22-31,33,60,73-74H,5-21,45-46H2,1-4H3,(H2,47,61)(H,51,67)(H,52,68)(H,53,69)(H,54,66)(H,55,63)(H,56,62)(H,57,64)(H,58,65)(H,71,72)(H4,48,49,50)/t23-,24-,25-,26-,27-,28-,29-,30-,31-,33-/m0/s1. The third kappa shape index (κ3) is 24.3. The largest absolute Gasteiger partial charge is 0.480 e. The molecule has 1 heterocycles. The maximum absolute atomic E-state index is 14.3. The second kappa shape index (κ2) is 35.6. The minimum absolute atomic E-state index is 0.0144. The Morgan fingerprint density at radius 1 is 0.653 bits per heavy atom. The van der Waals surface area contributed by atoms with Gasteiger partial charge in [-0.15, -0.1) is 0 Å². The maximum Gasteiger partial charge on any atom is 0.327 e. The van der Waals surface area contributed by atoms with Crippen LogP contribution >= 0.6 is 37.0 Å². The smallest absolute Gasteiger partial charge is 0.327 e. The van der Waals surface area contributed by atoms with E-state index >= 15 is 0 Å². The van der Waals surface area contributed by atoms with Crippen LogP contribution < -0.4 is 71.2 Å². The van der Waals surface area contributed by atoms with E-state index in [1.165, 1.54) is 23.6 Å². The molecule has 0 aliphatic carbocycles. The number of carbonyl (C=O) groups is 11. The molecule has 10 amide bonds. The van der Waals surface area contributed by atoms with E-state index in [2.05, 4.69) is 72.8 Å². The quantitative estimate of drug-likeness (QED) is 0.0120. The Morgan fingerprint density at radius 2 is 1.16 bits per heavy atom. The first-order valence-electron chi connectivity index (χ1n) is 24.4. The summed E-state index contributed by atoms with van der Waals surface area (Å²) in [6, 6.07) is -13.1. The SMILES string of the molecule is CSCC[C@H](NC(=O)[C@H](CO)NC(=O)[C@H](CCCCN)NC(=O)[C@@H](NC(=O)[C@H](CCC(N)=O)NC(=O)[C@H](CS)NC(=O)[C@H](C)N)C(C)C)C(=O)N1CCC[C@H]1C(=O)N[C@@H](CCCN=C(N)N)C(=O)N[C@@H](CS)C(=O)O. The van der Waals surface area contributed by atoms with Crippen LogP contribution in [0.5, 0.6) is 0 Å². The molecule has 0 aromatic heterocycles.